The van der Waals surface area contributed by atoms with E-state index in [-0.39, 0.29) is 16.7 Å². The molecule has 20 heavy (non-hydrogen) atoms. The zero-order valence-corrected chi connectivity index (χ0v) is 12.3. The van der Waals surface area contributed by atoms with Crippen molar-refractivity contribution in [2.24, 2.45) is 0 Å². The van der Waals surface area contributed by atoms with Gasteiger partial charge in [-0.1, -0.05) is 20.8 Å². The molecule has 2 rings (SSSR count). The van der Waals surface area contributed by atoms with Crippen molar-refractivity contribution >= 4 is 22.8 Å². The summed E-state index contributed by atoms with van der Waals surface area (Å²) < 4.78 is 27.1. The highest BCUT2D eigenvalue weighted by molar-refractivity contribution is 7.14. The molecule has 1 aromatic heterocycles. The Morgan fingerprint density at radius 2 is 1.85 bits per heavy atom. The number of carbonyl (C=O) groups is 1. The molecule has 0 atom stereocenters. The second kappa shape index (κ2) is 4.98. The van der Waals surface area contributed by atoms with Crippen molar-refractivity contribution in [2.45, 2.75) is 26.2 Å². The van der Waals surface area contributed by atoms with E-state index < -0.39 is 17.4 Å². The van der Waals surface area contributed by atoms with Gasteiger partial charge in [0.25, 0.3) is 0 Å². The molecule has 2 nitrogen and oxygen atoms in total. The molecule has 0 saturated carbocycles. The lowest BCUT2D eigenvalue weighted by Gasteiger charge is -2.15. The van der Waals surface area contributed by atoms with Crippen LogP contribution in [-0.4, -0.2) is 5.78 Å². The van der Waals surface area contributed by atoms with Gasteiger partial charge in [-0.05, 0) is 29.7 Å². The van der Waals surface area contributed by atoms with Gasteiger partial charge in [0.2, 0.25) is 5.78 Å². The van der Waals surface area contributed by atoms with Crippen molar-refractivity contribution in [1.29, 1.82) is 0 Å². The Balaban J connectivity index is 2.45. The van der Waals surface area contributed by atoms with Crippen LogP contribution in [0, 0.1) is 11.6 Å². The van der Waals surface area contributed by atoms with Gasteiger partial charge in [0, 0.05) is 4.88 Å². The number of benzene rings is 1. The van der Waals surface area contributed by atoms with Gasteiger partial charge in [0.05, 0.1) is 16.1 Å². The number of hydrogen-bond acceptors (Lipinski definition) is 3. The van der Waals surface area contributed by atoms with Crippen molar-refractivity contribution in [1.82, 2.24) is 0 Å². The Morgan fingerprint density at radius 3 is 2.40 bits per heavy atom. The first-order valence-electron chi connectivity index (χ1n) is 6.09. The molecule has 0 spiro atoms. The average molecular weight is 295 g/mol. The maximum Gasteiger partial charge on any atom is 0.206 e. The monoisotopic (exact) mass is 295 g/mol. The second-order valence-electron chi connectivity index (χ2n) is 5.60. The summed E-state index contributed by atoms with van der Waals surface area (Å²) in [5.41, 5.74) is 4.56. The van der Waals surface area contributed by atoms with Crippen LogP contribution in [0.2, 0.25) is 0 Å². The van der Waals surface area contributed by atoms with Crippen molar-refractivity contribution < 1.29 is 13.6 Å². The first kappa shape index (κ1) is 14.7. The van der Waals surface area contributed by atoms with Crippen LogP contribution in [0.15, 0.2) is 24.3 Å². The molecule has 0 aliphatic carbocycles. The highest BCUT2D eigenvalue weighted by atomic mass is 32.1. The number of anilines is 1. The Morgan fingerprint density at radius 1 is 1.20 bits per heavy atom. The van der Waals surface area contributed by atoms with E-state index in [0.29, 0.717) is 4.88 Å². The third-order valence-corrected chi connectivity index (χ3v) is 4.39. The SMILES string of the molecule is CC(C)(C)c1ccc(C(=O)c2cc(F)cc(N)c2F)s1. The van der Waals surface area contributed by atoms with Crippen LogP contribution in [0.1, 0.15) is 40.9 Å². The van der Waals surface area contributed by atoms with Crippen molar-refractivity contribution in [2.75, 3.05) is 5.73 Å². The van der Waals surface area contributed by atoms with E-state index in [0.717, 1.165) is 17.0 Å². The van der Waals surface area contributed by atoms with Gasteiger partial charge in [-0.3, -0.25) is 4.79 Å². The van der Waals surface area contributed by atoms with E-state index in [1.165, 1.54) is 11.3 Å². The number of nitrogen functional groups attached to an aromatic ring is 1. The highest BCUT2D eigenvalue weighted by Gasteiger charge is 2.22. The fourth-order valence-electron chi connectivity index (χ4n) is 1.77. The normalized spacial score (nSPS) is 11.7. The minimum absolute atomic E-state index is 0.0945. The van der Waals surface area contributed by atoms with Crippen molar-refractivity contribution in [3.63, 3.8) is 0 Å². The molecular formula is C15H15F2NOS. The molecule has 1 heterocycles. The van der Waals surface area contributed by atoms with Crippen LogP contribution in [-0.2, 0) is 5.41 Å². The molecular weight excluding hydrogens is 280 g/mol. The van der Waals surface area contributed by atoms with Gasteiger partial charge in [0.15, 0.2) is 5.82 Å². The summed E-state index contributed by atoms with van der Waals surface area (Å²) >= 11 is 1.28. The van der Waals surface area contributed by atoms with Crippen molar-refractivity contribution in [3.8, 4) is 0 Å². The summed E-state index contributed by atoms with van der Waals surface area (Å²) in [5.74, 6) is -2.14. The average Bonchev–Trinajstić information content (AvgIpc) is 2.82. The molecule has 2 N–H and O–H groups in total. The molecule has 0 saturated heterocycles. The standard InChI is InChI=1S/C15H15F2NOS/c1-15(2,3)12-5-4-11(20-12)14(19)9-6-8(16)7-10(18)13(9)17/h4-7H,18H2,1-3H3. The van der Waals surface area contributed by atoms with Gasteiger partial charge in [-0.15, -0.1) is 11.3 Å². The zero-order valence-electron chi connectivity index (χ0n) is 11.5. The lowest BCUT2D eigenvalue weighted by atomic mass is 9.95. The van der Waals surface area contributed by atoms with Gasteiger partial charge < -0.3 is 5.73 Å². The van der Waals surface area contributed by atoms with E-state index in [9.17, 15) is 13.6 Å². The fraction of sp³-hybridized carbons (Fsp3) is 0.267. The Hall–Kier alpha value is -1.75. The van der Waals surface area contributed by atoms with Gasteiger partial charge in [-0.2, -0.15) is 0 Å². The number of nitrogens with two attached hydrogens (primary N) is 1. The Bertz CT molecular complexity index is 671. The van der Waals surface area contributed by atoms with E-state index in [1.807, 2.05) is 26.8 Å². The number of carbonyl (C=O) groups excluding carboxylic acids is 1. The Labute approximate surface area is 120 Å². The largest absolute Gasteiger partial charge is 0.396 e. The first-order valence-corrected chi connectivity index (χ1v) is 6.91. The van der Waals surface area contributed by atoms with Crippen LogP contribution in [0.4, 0.5) is 14.5 Å². The summed E-state index contributed by atoms with van der Waals surface area (Å²) in [7, 11) is 0. The first-order chi connectivity index (χ1) is 9.20. The summed E-state index contributed by atoms with van der Waals surface area (Å²) in [4.78, 5) is 13.6. The van der Waals surface area contributed by atoms with Crippen LogP contribution in [0.3, 0.4) is 0 Å². The van der Waals surface area contributed by atoms with E-state index in [2.05, 4.69) is 0 Å². The molecule has 2 aromatic rings. The fourth-order valence-corrected chi connectivity index (χ4v) is 2.79. The molecule has 0 unspecified atom stereocenters. The predicted octanol–water partition coefficient (Wildman–Crippen LogP) is 4.14. The lowest BCUT2D eigenvalue weighted by molar-refractivity contribution is 0.103. The molecule has 0 aliphatic rings. The third-order valence-electron chi connectivity index (χ3n) is 2.88. The van der Waals surface area contributed by atoms with Gasteiger partial charge >= 0.3 is 0 Å². The Kier molecular flexibility index (Phi) is 3.65. The van der Waals surface area contributed by atoms with Crippen LogP contribution >= 0.6 is 11.3 Å². The number of ketones is 1. The molecule has 0 aliphatic heterocycles. The zero-order chi connectivity index (χ0) is 15.1. The summed E-state index contributed by atoms with van der Waals surface area (Å²) in [5, 5.41) is 0. The van der Waals surface area contributed by atoms with Crippen LogP contribution in [0.5, 0.6) is 0 Å². The van der Waals surface area contributed by atoms with E-state index in [1.54, 1.807) is 6.07 Å². The molecule has 0 radical (unpaired) electrons. The minimum Gasteiger partial charge on any atom is -0.396 e. The molecule has 0 bridgehead atoms. The summed E-state index contributed by atoms with van der Waals surface area (Å²) in [6.45, 7) is 6.07. The molecule has 1 aromatic carbocycles. The maximum atomic E-state index is 13.9. The number of halogens is 2. The van der Waals surface area contributed by atoms with Gasteiger partial charge in [-0.25, -0.2) is 8.78 Å². The number of rotatable bonds is 2. The predicted molar refractivity (Wildman–Crippen MR) is 77.2 cm³/mol. The molecule has 106 valence electrons. The second-order valence-corrected chi connectivity index (χ2v) is 6.68. The lowest BCUT2D eigenvalue weighted by Crippen LogP contribution is -2.08. The molecule has 5 heteroatoms. The smallest absolute Gasteiger partial charge is 0.206 e. The van der Waals surface area contributed by atoms with E-state index in [4.69, 9.17) is 5.73 Å². The number of thiophene rings is 1. The van der Waals surface area contributed by atoms with Crippen LogP contribution < -0.4 is 5.73 Å². The van der Waals surface area contributed by atoms with Crippen molar-refractivity contribution in [3.05, 3.63) is 51.2 Å². The maximum absolute atomic E-state index is 13.9. The van der Waals surface area contributed by atoms with Crippen LogP contribution in [0.25, 0.3) is 0 Å². The molecule has 0 fully saturated rings. The quantitative estimate of drug-likeness (QED) is 0.668. The summed E-state index contributed by atoms with van der Waals surface area (Å²) in [6.07, 6.45) is 0. The topological polar surface area (TPSA) is 43.1 Å². The summed E-state index contributed by atoms with van der Waals surface area (Å²) in [6, 6.07) is 5.21. The van der Waals surface area contributed by atoms with Gasteiger partial charge in [0.1, 0.15) is 5.82 Å². The van der Waals surface area contributed by atoms with E-state index >= 15 is 0 Å². The highest BCUT2D eigenvalue weighted by Crippen LogP contribution is 2.31. The minimum atomic E-state index is -0.873. The number of hydrogen-bond donors (Lipinski definition) is 1. The third kappa shape index (κ3) is 2.72. The molecule has 0 amide bonds.